The zero-order chi connectivity index (χ0) is 18.2. The van der Waals surface area contributed by atoms with E-state index in [0.717, 1.165) is 5.03 Å². The van der Waals surface area contributed by atoms with Gasteiger partial charge in [-0.25, -0.2) is 0 Å². The van der Waals surface area contributed by atoms with E-state index in [1.807, 2.05) is 0 Å². The average Bonchev–Trinajstić information content (AvgIpc) is 3.15. The lowest BCUT2D eigenvalue weighted by molar-refractivity contribution is 0.782. The lowest BCUT2D eigenvalue weighted by Crippen LogP contribution is -2.27. The summed E-state index contributed by atoms with van der Waals surface area (Å²) in [5, 5.41) is 0.793. The Hall–Kier alpha value is -2.28. The van der Waals surface area contributed by atoms with Crippen molar-refractivity contribution in [1.29, 1.82) is 0 Å². The third-order valence-electron chi connectivity index (χ3n) is 6.22. The summed E-state index contributed by atoms with van der Waals surface area (Å²) < 4.78 is 0. The van der Waals surface area contributed by atoms with Crippen LogP contribution in [-0.2, 0) is 5.41 Å². The molecule has 3 aliphatic rings. The second kappa shape index (κ2) is 5.38. The van der Waals surface area contributed by atoms with Gasteiger partial charge < -0.3 is 0 Å². The Morgan fingerprint density at radius 1 is 0.704 bits per heavy atom. The van der Waals surface area contributed by atoms with Crippen molar-refractivity contribution in [3.8, 4) is 11.1 Å². The quantitative estimate of drug-likeness (QED) is 0.368. The number of rotatable bonds is 0. The third-order valence-corrected chi connectivity index (χ3v) is 6.84. The lowest BCUT2D eigenvalue weighted by atomic mass is 9.69. The molecule has 1 atom stereocenters. The first-order valence-electron chi connectivity index (χ1n) is 9.27. The van der Waals surface area contributed by atoms with E-state index in [-0.39, 0.29) is 10.8 Å². The molecule has 0 saturated heterocycles. The second-order valence-corrected chi connectivity index (χ2v) is 8.48. The standard InChI is InChI=1S/C25H16Cl2/c26-15-13-22-24(23(27)14-15)18-9-3-6-12-21(18)25(22)19-10-4-1-7-16(19)17-8-2-5-11-20(17)25/h1-13,15H,14H2. The van der Waals surface area contributed by atoms with E-state index in [9.17, 15) is 0 Å². The van der Waals surface area contributed by atoms with Gasteiger partial charge in [0.1, 0.15) is 0 Å². The fraction of sp³-hybridized carbons (Fsp3) is 0.120. The van der Waals surface area contributed by atoms with Crippen LogP contribution in [-0.4, -0.2) is 5.38 Å². The summed E-state index contributed by atoms with van der Waals surface area (Å²) in [5.41, 5.74) is 9.91. The van der Waals surface area contributed by atoms with Gasteiger partial charge in [0.25, 0.3) is 0 Å². The van der Waals surface area contributed by atoms with E-state index in [4.69, 9.17) is 23.2 Å². The van der Waals surface area contributed by atoms with Crippen molar-refractivity contribution in [2.24, 2.45) is 0 Å². The molecule has 0 amide bonds. The summed E-state index contributed by atoms with van der Waals surface area (Å²) in [5.74, 6) is 0. The molecule has 130 valence electrons. The van der Waals surface area contributed by atoms with Gasteiger partial charge in [-0.2, -0.15) is 0 Å². The molecule has 1 spiro atoms. The number of alkyl halides is 1. The Morgan fingerprint density at radius 2 is 1.19 bits per heavy atom. The average molecular weight is 387 g/mol. The predicted molar refractivity (Wildman–Crippen MR) is 113 cm³/mol. The first-order chi connectivity index (χ1) is 13.2. The van der Waals surface area contributed by atoms with Gasteiger partial charge in [-0.3, -0.25) is 0 Å². The number of benzene rings is 3. The van der Waals surface area contributed by atoms with Gasteiger partial charge in [0, 0.05) is 17.0 Å². The molecule has 3 aromatic rings. The van der Waals surface area contributed by atoms with E-state index >= 15 is 0 Å². The number of halogens is 2. The highest BCUT2D eigenvalue weighted by Crippen LogP contribution is 2.65. The molecule has 6 rings (SSSR count). The van der Waals surface area contributed by atoms with E-state index < -0.39 is 0 Å². The van der Waals surface area contributed by atoms with Crippen LogP contribution in [0, 0.1) is 0 Å². The zero-order valence-corrected chi connectivity index (χ0v) is 16.1. The largest absolute Gasteiger partial charge is 0.118 e. The van der Waals surface area contributed by atoms with Crippen LogP contribution in [0.5, 0.6) is 0 Å². The van der Waals surface area contributed by atoms with Crippen molar-refractivity contribution in [2.75, 3.05) is 0 Å². The lowest BCUT2D eigenvalue weighted by Gasteiger charge is -2.32. The Balaban J connectivity index is 1.85. The summed E-state index contributed by atoms with van der Waals surface area (Å²) in [6, 6.07) is 26.2. The fourth-order valence-corrected chi connectivity index (χ4v) is 6.06. The number of hydrogen-bond donors (Lipinski definition) is 0. The Morgan fingerprint density at radius 3 is 1.78 bits per heavy atom. The first-order valence-corrected chi connectivity index (χ1v) is 10.1. The van der Waals surface area contributed by atoms with Gasteiger partial charge in [0.05, 0.1) is 10.8 Å². The topological polar surface area (TPSA) is 0 Å². The molecule has 0 aliphatic heterocycles. The molecule has 27 heavy (non-hydrogen) atoms. The third kappa shape index (κ3) is 1.81. The van der Waals surface area contributed by atoms with Crippen LogP contribution >= 0.6 is 23.2 Å². The maximum atomic E-state index is 6.81. The van der Waals surface area contributed by atoms with Crippen LogP contribution in [0.1, 0.15) is 28.7 Å². The smallest absolute Gasteiger partial charge is 0.0723 e. The minimum absolute atomic E-state index is 0.0811. The molecule has 3 aromatic carbocycles. The SMILES string of the molecule is ClC1=C2C(=CC(Cl)C1)C1(c3ccccc32)c2ccccc2-c2ccccc21. The molecule has 0 radical (unpaired) electrons. The highest BCUT2D eigenvalue weighted by Gasteiger charge is 2.54. The van der Waals surface area contributed by atoms with Crippen LogP contribution in [0.3, 0.4) is 0 Å². The number of hydrogen-bond acceptors (Lipinski definition) is 0. The molecular weight excluding hydrogens is 371 g/mol. The van der Waals surface area contributed by atoms with Crippen LogP contribution in [0.2, 0.25) is 0 Å². The maximum Gasteiger partial charge on any atom is 0.0723 e. The van der Waals surface area contributed by atoms with Crippen molar-refractivity contribution in [3.05, 3.63) is 112 Å². The highest BCUT2D eigenvalue weighted by molar-refractivity contribution is 6.36. The molecule has 0 heterocycles. The molecule has 0 bridgehead atoms. The van der Waals surface area contributed by atoms with E-state index in [0.29, 0.717) is 6.42 Å². The molecule has 0 N–H and O–H groups in total. The zero-order valence-electron chi connectivity index (χ0n) is 14.5. The minimum Gasteiger partial charge on any atom is -0.118 e. The van der Waals surface area contributed by atoms with Crippen LogP contribution in [0.4, 0.5) is 0 Å². The van der Waals surface area contributed by atoms with Crippen molar-refractivity contribution < 1.29 is 0 Å². The van der Waals surface area contributed by atoms with E-state index in [1.165, 1.54) is 44.5 Å². The molecule has 0 nitrogen and oxygen atoms in total. The molecular formula is C25H16Cl2. The van der Waals surface area contributed by atoms with Crippen molar-refractivity contribution >= 4 is 28.8 Å². The number of fused-ring (bicyclic) bond motifs is 10. The van der Waals surface area contributed by atoms with Crippen LogP contribution in [0.15, 0.2) is 89.5 Å². The van der Waals surface area contributed by atoms with Crippen molar-refractivity contribution in [3.63, 3.8) is 0 Å². The van der Waals surface area contributed by atoms with Gasteiger partial charge in [0.2, 0.25) is 0 Å². The van der Waals surface area contributed by atoms with Gasteiger partial charge in [-0.15, -0.1) is 11.6 Å². The van der Waals surface area contributed by atoms with Crippen molar-refractivity contribution in [2.45, 2.75) is 17.2 Å². The van der Waals surface area contributed by atoms with Gasteiger partial charge in [-0.05, 0) is 39.0 Å². The van der Waals surface area contributed by atoms with Crippen molar-refractivity contribution in [1.82, 2.24) is 0 Å². The van der Waals surface area contributed by atoms with Crippen LogP contribution in [0.25, 0.3) is 16.7 Å². The van der Waals surface area contributed by atoms with Gasteiger partial charge in [-0.1, -0.05) is 90.5 Å². The molecule has 0 aromatic heterocycles. The van der Waals surface area contributed by atoms with E-state index in [2.05, 4.69) is 78.9 Å². The van der Waals surface area contributed by atoms with Gasteiger partial charge >= 0.3 is 0 Å². The summed E-state index contributed by atoms with van der Waals surface area (Å²) in [7, 11) is 0. The molecule has 1 unspecified atom stereocenters. The Bertz CT molecular complexity index is 1140. The fourth-order valence-electron chi connectivity index (χ4n) is 5.33. The number of allylic oxidation sites excluding steroid dienone is 4. The summed E-state index contributed by atoms with van der Waals surface area (Å²) in [4.78, 5) is 0. The monoisotopic (exact) mass is 386 g/mol. The Kier molecular flexibility index (Phi) is 3.14. The predicted octanol–water partition coefficient (Wildman–Crippen LogP) is 6.90. The summed E-state index contributed by atoms with van der Waals surface area (Å²) in [6.45, 7) is 0. The molecule has 2 heteroatoms. The minimum atomic E-state index is -0.327. The van der Waals surface area contributed by atoms with Gasteiger partial charge in [0.15, 0.2) is 0 Å². The summed E-state index contributed by atoms with van der Waals surface area (Å²) in [6.07, 6.45) is 2.93. The Labute approximate surface area is 168 Å². The second-order valence-electron chi connectivity index (χ2n) is 7.47. The molecule has 0 saturated carbocycles. The normalized spacial score (nSPS) is 20.8. The molecule has 3 aliphatic carbocycles. The molecule has 0 fully saturated rings. The highest BCUT2D eigenvalue weighted by atomic mass is 35.5. The summed E-state index contributed by atoms with van der Waals surface area (Å²) >= 11 is 13.5. The first kappa shape index (κ1) is 15.7. The van der Waals surface area contributed by atoms with E-state index in [1.54, 1.807) is 0 Å². The maximum absolute atomic E-state index is 6.81. The van der Waals surface area contributed by atoms with Crippen LogP contribution < -0.4 is 0 Å².